The first kappa shape index (κ1) is 8.77. The summed E-state index contributed by atoms with van der Waals surface area (Å²) >= 11 is 0. The number of nitrogens with zero attached hydrogens (tertiary/aromatic N) is 1. The van der Waals surface area contributed by atoms with Gasteiger partial charge in [0.05, 0.1) is 6.61 Å². The van der Waals surface area contributed by atoms with Gasteiger partial charge in [0.1, 0.15) is 11.5 Å². The van der Waals surface area contributed by atoms with Crippen molar-refractivity contribution in [2.75, 3.05) is 6.61 Å². The molecule has 0 unspecified atom stereocenters. The summed E-state index contributed by atoms with van der Waals surface area (Å²) in [7, 11) is 1.59. The van der Waals surface area contributed by atoms with Gasteiger partial charge in [-0.15, -0.1) is 0 Å². The molecule has 1 aromatic rings. The van der Waals surface area contributed by atoms with Crippen LogP contribution < -0.4 is 0 Å². The lowest BCUT2D eigenvalue weighted by atomic mass is 10.4. The van der Waals surface area contributed by atoms with Crippen LogP contribution in [0.1, 0.15) is 17.4 Å². The minimum absolute atomic E-state index is 0.231. The second kappa shape index (κ2) is 3.38. The average Bonchev–Trinajstić information content (AvgIpc) is 2.30. The molecule has 0 saturated carbocycles. The van der Waals surface area contributed by atoms with Crippen molar-refractivity contribution in [3.05, 3.63) is 23.8 Å². The van der Waals surface area contributed by atoms with Crippen molar-refractivity contribution in [3.63, 3.8) is 0 Å². The molecule has 0 amide bonds. The summed E-state index contributed by atoms with van der Waals surface area (Å²) in [5.74, 6) is -0.926. The molecule has 0 fully saturated rings. The molecule has 0 saturated heterocycles. The highest BCUT2D eigenvalue weighted by Crippen LogP contribution is 2.06. The molecule has 0 atom stereocenters. The molecule has 0 N–H and O–H groups in total. The quantitative estimate of drug-likeness (QED) is 0.629. The third-order valence-corrected chi connectivity index (χ3v) is 1.46. The highest BCUT2D eigenvalue weighted by Gasteiger charge is 2.11. The number of carbonyl (C=O) groups is 1. The molecule has 0 aliphatic heterocycles. The van der Waals surface area contributed by atoms with Crippen LogP contribution in [0.5, 0.6) is 0 Å². The summed E-state index contributed by atoms with van der Waals surface area (Å²) in [6.07, 6.45) is 1.23. The van der Waals surface area contributed by atoms with Crippen molar-refractivity contribution in [3.8, 4) is 0 Å². The molecule has 1 rings (SSSR count). The van der Waals surface area contributed by atoms with E-state index in [9.17, 15) is 9.18 Å². The number of aryl methyl sites for hydroxylation is 1. The first-order chi connectivity index (χ1) is 5.65. The smallest absolute Gasteiger partial charge is 0.355 e. The second-order valence-corrected chi connectivity index (χ2v) is 2.37. The fourth-order valence-corrected chi connectivity index (χ4v) is 0.932. The summed E-state index contributed by atoms with van der Waals surface area (Å²) in [4.78, 5) is 11.1. The molecule has 0 aliphatic rings. The lowest BCUT2D eigenvalue weighted by Crippen LogP contribution is -2.08. The summed E-state index contributed by atoms with van der Waals surface area (Å²) in [6, 6.07) is 1.15. The SMILES string of the molecule is CCOC(=O)c1cc(F)cn1C. The molecule has 0 radical (unpaired) electrons. The maximum atomic E-state index is 12.6. The Labute approximate surface area is 69.8 Å². The van der Waals surface area contributed by atoms with Crippen molar-refractivity contribution >= 4 is 5.97 Å². The molecule has 1 heterocycles. The maximum absolute atomic E-state index is 12.6. The van der Waals surface area contributed by atoms with Gasteiger partial charge < -0.3 is 9.30 Å². The Morgan fingerprint density at radius 1 is 1.75 bits per heavy atom. The molecule has 1 aromatic heterocycles. The Bertz CT molecular complexity index is 293. The van der Waals surface area contributed by atoms with Crippen molar-refractivity contribution in [1.29, 1.82) is 0 Å². The number of carbonyl (C=O) groups excluding carboxylic acids is 1. The number of rotatable bonds is 2. The average molecular weight is 171 g/mol. The van der Waals surface area contributed by atoms with Gasteiger partial charge in [-0.2, -0.15) is 0 Å². The normalized spacial score (nSPS) is 9.92. The van der Waals surface area contributed by atoms with Crippen molar-refractivity contribution < 1.29 is 13.9 Å². The van der Waals surface area contributed by atoms with E-state index in [0.29, 0.717) is 6.61 Å². The van der Waals surface area contributed by atoms with Gasteiger partial charge in [-0.3, -0.25) is 0 Å². The largest absolute Gasteiger partial charge is 0.461 e. The Balaban J connectivity index is 2.87. The van der Waals surface area contributed by atoms with Gasteiger partial charge in [0, 0.05) is 19.3 Å². The van der Waals surface area contributed by atoms with E-state index in [4.69, 9.17) is 4.74 Å². The summed E-state index contributed by atoms with van der Waals surface area (Å²) in [6.45, 7) is 2.00. The van der Waals surface area contributed by atoms with E-state index in [-0.39, 0.29) is 5.69 Å². The van der Waals surface area contributed by atoms with Crippen molar-refractivity contribution in [2.24, 2.45) is 7.05 Å². The van der Waals surface area contributed by atoms with Gasteiger partial charge in [-0.1, -0.05) is 0 Å². The highest BCUT2D eigenvalue weighted by atomic mass is 19.1. The van der Waals surface area contributed by atoms with E-state index < -0.39 is 11.8 Å². The number of hydrogen-bond acceptors (Lipinski definition) is 2. The predicted molar refractivity (Wildman–Crippen MR) is 41.3 cm³/mol. The lowest BCUT2D eigenvalue weighted by Gasteiger charge is -2.01. The highest BCUT2D eigenvalue weighted by molar-refractivity contribution is 5.87. The minimum Gasteiger partial charge on any atom is -0.461 e. The van der Waals surface area contributed by atoms with Crippen LogP contribution in [0.25, 0.3) is 0 Å². The molecular formula is C8H10FNO2. The molecular weight excluding hydrogens is 161 g/mol. The van der Waals surface area contributed by atoms with Gasteiger partial charge >= 0.3 is 5.97 Å². The molecule has 0 bridgehead atoms. The van der Waals surface area contributed by atoms with Crippen molar-refractivity contribution in [2.45, 2.75) is 6.92 Å². The summed E-state index contributed by atoms with van der Waals surface area (Å²) in [5.41, 5.74) is 0.231. The zero-order valence-corrected chi connectivity index (χ0v) is 7.00. The van der Waals surface area contributed by atoms with Crippen LogP contribution in [0, 0.1) is 5.82 Å². The lowest BCUT2D eigenvalue weighted by molar-refractivity contribution is 0.0515. The standard InChI is InChI=1S/C8H10FNO2/c1-3-12-8(11)7-4-6(9)5-10(7)2/h4-5H,3H2,1-2H3. The number of esters is 1. The van der Waals surface area contributed by atoms with Crippen molar-refractivity contribution in [1.82, 2.24) is 4.57 Å². The van der Waals surface area contributed by atoms with Gasteiger partial charge in [-0.05, 0) is 6.92 Å². The van der Waals surface area contributed by atoms with Gasteiger partial charge in [0.2, 0.25) is 0 Å². The molecule has 4 heteroatoms. The van der Waals surface area contributed by atoms with E-state index in [2.05, 4.69) is 0 Å². The number of aromatic nitrogens is 1. The number of halogens is 1. The van der Waals surface area contributed by atoms with E-state index >= 15 is 0 Å². The first-order valence-corrected chi connectivity index (χ1v) is 3.64. The molecule has 0 spiro atoms. The second-order valence-electron chi connectivity index (χ2n) is 2.37. The van der Waals surface area contributed by atoms with Crippen LogP contribution in [-0.2, 0) is 11.8 Å². The Kier molecular flexibility index (Phi) is 2.47. The van der Waals surface area contributed by atoms with Crippen LogP contribution in [-0.4, -0.2) is 17.1 Å². The third kappa shape index (κ3) is 1.64. The summed E-state index contributed by atoms with van der Waals surface area (Å²) in [5, 5.41) is 0. The molecule has 0 aliphatic carbocycles. The maximum Gasteiger partial charge on any atom is 0.355 e. The van der Waals surface area contributed by atoms with Crippen LogP contribution in [0.4, 0.5) is 4.39 Å². The fraction of sp³-hybridized carbons (Fsp3) is 0.375. The van der Waals surface area contributed by atoms with Crippen LogP contribution in [0.15, 0.2) is 12.3 Å². The fourth-order valence-electron chi connectivity index (χ4n) is 0.932. The third-order valence-electron chi connectivity index (χ3n) is 1.46. The van der Waals surface area contributed by atoms with Crippen LogP contribution >= 0.6 is 0 Å². The monoisotopic (exact) mass is 171 g/mol. The number of hydrogen-bond donors (Lipinski definition) is 0. The van der Waals surface area contributed by atoms with E-state index in [1.165, 1.54) is 10.8 Å². The van der Waals surface area contributed by atoms with Crippen LogP contribution in [0.2, 0.25) is 0 Å². The van der Waals surface area contributed by atoms with E-state index in [1.54, 1.807) is 14.0 Å². The summed E-state index contributed by atoms with van der Waals surface area (Å²) < 4.78 is 18.7. The molecule has 66 valence electrons. The zero-order chi connectivity index (χ0) is 9.14. The molecule has 3 nitrogen and oxygen atoms in total. The Morgan fingerprint density at radius 2 is 2.42 bits per heavy atom. The van der Waals surface area contributed by atoms with Gasteiger partial charge in [0.25, 0.3) is 0 Å². The molecule has 12 heavy (non-hydrogen) atoms. The Morgan fingerprint density at radius 3 is 2.83 bits per heavy atom. The minimum atomic E-state index is -0.496. The molecule has 0 aromatic carbocycles. The Hall–Kier alpha value is -1.32. The first-order valence-electron chi connectivity index (χ1n) is 3.64. The predicted octanol–water partition coefficient (Wildman–Crippen LogP) is 1.34. The van der Waals surface area contributed by atoms with Crippen LogP contribution in [0.3, 0.4) is 0 Å². The van der Waals surface area contributed by atoms with Gasteiger partial charge in [-0.25, -0.2) is 9.18 Å². The van der Waals surface area contributed by atoms with E-state index in [1.807, 2.05) is 0 Å². The number of ether oxygens (including phenoxy) is 1. The van der Waals surface area contributed by atoms with Gasteiger partial charge in [0.15, 0.2) is 0 Å². The zero-order valence-electron chi connectivity index (χ0n) is 7.00. The van der Waals surface area contributed by atoms with E-state index in [0.717, 1.165) is 6.07 Å². The topological polar surface area (TPSA) is 31.2 Å².